The molecule has 0 aliphatic heterocycles. The summed E-state index contributed by atoms with van der Waals surface area (Å²) in [5, 5.41) is 9.38. The van der Waals surface area contributed by atoms with E-state index in [-0.39, 0.29) is 5.57 Å². The van der Waals surface area contributed by atoms with Crippen molar-refractivity contribution in [2.45, 2.75) is 45.1 Å². The van der Waals surface area contributed by atoms with Crippen LogP contribution in [0.2, 0.25) is 0 Å². The Morgan fingerprint density at radius 2 is 1.62 bits per heavy atom. The first-order valence-corrected chi connectivity index (χ1v) is 4.51. The Morgan fingerprint density at radius 3 is 1.88 bits per heavy atom. The van der Waals surface area contributed by atoms with Crippen LogP contribution in [0.3, 0.4) is 0 Å². The maximum atomic E-state index is 12.5. The number of carbonyl (C=O) groups is 1. The molecule has 0 saturated heterocycles. The summed E-state index contributed by atoms with van der Waals surface area (Å²) in [7, 11) is 0. The molecule has 6 heteroatoms. The number of halogens is 3. The minimum absolute atomic E-state index is 0.0361. The molecule has 1 atom stereocenters. The molecular formula is C10H15F3O3. The van der Waals surface area contributed by atoms with Gasteiger partial charge in [-0.2, -0.15) is 13.2 Å². The molecule has 0 spiro atoms. The summed E-state index contributed by atoms with van der Waals surface area (Å²) in [4.78, 5) is 11.1. The fourth-order valence-electron chi connectivity index (χ4n) is 0.760. The summed E-state index contributed by atoms with van der Waals surface area (Å²) in [6.07, 6.45) is -4.90. The van der Waals surface area contributed by atoms with Crippen LogP contribution in [0.5, 0.6) is 0 Å². The number of rotatable bonds is 3. The van der Waals surface area contributed by atoms with E-state index in [1.54, 1.807) is 0 Å². The molecule has 1 N–H and O–H groups in total. The topological polar surface area (TPSA) is 46.5 Å². The van der Waals surface area contributed by atoms with Gasteiger partial charge in [-0.3, -0.25) is 0 Å². The highest BCUT2D eigenvalue weighted by atomic mass is 19.4. The second-order valence-electron chi connectivity index (χ2n) is 4.25. The van der Waals surface area contributed by atoms with E-state index in [2.05, 4.69) is 11.3 Å². The summed E-state index contributed by atoms with van der Waals surface area (Å²) >= 11 is 0. The zero-order valence-electron chi connectivity index (χ0n) is 9.60. The van der Waals surface area contributed by atoms with E-state index < -0.39 is 23.3 Å². The molecule has 0 aromatic heterocycles. The van der Waals surface area contributed by atoms with Crippen LogP contribution in [0.25, 0.3) is 0 Å². The summed E-state index contributed by atoms with van der Waals surface area (Å²) < 4.78 is 42.1. The molecule has 0 heterocycles. The van der Waals surface area contributed by atoms with Gasteiger partial charge in [0.2, 0.25) is 0 Å². The van der Waals surface area contributed by atoms with Crippen LogP contribution in [0.15, 0.2) is 12.2 Å². The Hall–Kier alpha value is -1.04. The van der Waals surface area contributed by atoms with Crippen LogP contribution in [0.4, 0.5) is 13.2 Å². The lowest BCUT2D eigenvalue weighted by molar-refractivity contribution is -0.305. The molecule has 0 aliphatic rings. The molecule has 0 bridgehead atoms. The Morgan fingerprint density at radius 1 is 1.25 bits per heavy atom. The predicted molar refractivity (Wildman–Crippen MR) is 51.7 cm³/mol. The lowest BCUT2D eigenvalue weighted by atomic mass is 9.86. The van der Waals surface area contributed by atoms with E-state index in [1.807, 2.05) is 0 Å². The number of hydrogen-bond acceptors (Lipinski definition) is 3. The molecule has 0 rings (SSSR count). The molecular weight excluding hydrogens is 225 g/mol. The van der Waals surface area contributed by atoms with E-state index in [0.29, 0.717) is 6.92 Å². The summed E-state index contributed by atoms with van der Waals surface area (Å²) in [6.45, 7) is 7.08. The SMILES string of the molecule is C=C(C)C(=O)OC(C)(C)C(C)(O)C(F)(F)F. The lowest BCUT2D eigenvalue weighted by Crippen LogP contribution is -2.59. The maximum absolute atomic E-state index is 12.5. The number of alkyl halides is 3. The highest BCUT2D eigenvalue weighted by Gasteiger charge is 2.61. The van der Waals surface area contributed by atoms with Crippen molar-refractivity contribution in [3.63, 3.8) is 0 Å². The highest BCUT2D eigenvalue weighted by molar-refractivity contribution is 5.87. The summed E-state index contributed by atoms with van der Waals surface area (Å²) in [5.74, 6) is -0.977. The largest absolute Gasteiger partial charge is 0.453 e. The average Bonchev–Trinajstić information content (AvgIpc) is 2.00. The standard InChI is InChI=1S/C10H15F3O3/c1-6(2)7(14)16-8(3,4)9(5,15)10(11,12)13/h15H,1H2,2-5H3. The van der Waals surface area contributed by atoms with Crippen LogP contribution in [-0.4, -0.2) is 28.5 Å². The third kappa shape index (κ3) is 2.75. The number of hydrogen-bond donors (Lipinski definition) is 1. The van der Waals surface area contributed by atoms with E-state index in [4.69, 9.17) is 0 Å². The van der Waals surface area contributed by atoms with E-state index in [9.17, 15) is 23.1 Å². The van der Waals surface area contributed by atoms with Gasteiger partial charge in [0.05, 0.1) is 0 Å². The molecule has 0 aromatic carbocycles. The smallest absolute Gasteiger partial charge is 0.420 e. The van der Waals surface area contributed by atoms with Crippen molar-refractivity contribution in [2.75, 3.05) is 0 Å². The van der Waals surface area contributed by atoms with Crippen molar-refractivity contribution in [1.29, 1.82) is 0 Å². The van der Waals surface area contributed by atoms with Gasteiger partial charge >= 0.3 is 12.1 Å². The van der Waals surface area contributed by atoms with E-state index >= 15 is 0 Å². The summed E-state index contributed by atoms with van der Waals surface area (Å²) in [6, 6.07) is 0. The van der Waals surface area contributed by atoms with Crippen molar-refractivity contribution in [2.24, 2.45) is 0 Å². The van der Waals surface area contributed by atoms with Gasteiger partial charge in [0.25, 0.3) is 0 Å². The van der Waals surface area contributed by atoms with Gasteiger partial charge in [-0.1, -0.05) is 6.58 Å². The fraction of sp³-hybridized carbons (Fsp3) is 0.700. The van der Waals surface area contributed by atoms with Gasteiger partial charge in [-0.25, -0.2) is 4.79 Å². The van der Waals surface area contributed by atoms with Crippen molar-refractivity contribution in [3.8, 4) is 0 Å². The normalized spacial score (nSPS) is 16.5. The maximum Gasteiger partial charge on any atom is 0.420 e. The average molecular weight is 240 g/mol. The van der Waals surface area contributed by atoms with Crippen molar-refractivity contribution in [1.82, 2.24) is 0 Å². The van der Waals surface area contributed by atoms with Crippen LogP contribution in [-0.2, 0) is 9.53 Å². The molecule has 0 amide bonds. The van der Waals surface area contributed by atoms with Crippen molar-refractivity contribution >= 4 is 5.97 Å². The van der Waals surface area contributed by atoms with Crippen molar-refractivity contribution in [3.05, 3.63) is 12.2 Å². The van der Waals surface area contributed by atoms with Crippen LogP contribution >= 0.6 is 0 Å². The summed E-state index contributed by atoms with van der Waals surface area (Å²) in [5.41, 5.74) is -5.27. The van der Waals surface area contributed by atoms with Gasteiger partial charge in [-0.05, 0) is 27.7 Å². The molecule has 0 aromatic rings. The van der Waals surface area contributed by atoms with Gasteiger partial charge in [0.15, 0.2) is 5.60 Å². The molecule has 3 nitrogen and oxygen atoms in total. The van der Waals surface area contributed by atoms with Gasteiger partial charge in [0, 0.05) is 5.57 Å². The third-order valence-electron chi connectivity index (χ3n) is 2.42. The first kappa shape index (κ1) is 15.0. The van der Waals surface area contributed by atoms with Gasteiger partial charge in [-0.15, -0.1) is 0 Å². The Bertz CT molecular complexity index is 303. The lowest BCUT2D eigenvalue weighted by Gasteiger charge is -2.40. The minimum Gasteiger partial charge on any atom is -0.453 e. The van der Waals surface area contributed by atoms with Crippen molar-refractivity contribution < 1.29 is 27.8 Å². The minimum atomic E-state index is -4.90. The molecule has 0 aliphatic carbocycles. The first-order valence-electron chi connectivity index (χ1n) is 4.51. The Labute approximate surface area is 91.9 Å². The van der Waals surface area contributed by atoms with Crippen LogP contribution < -0.4 is 0 Å². The molecule has 0 saturated carbocycles. The van der Waals surface area contributed by atoms with Gasteiger partial charge < -0.3 is 9.84 Å². The number of esters is 1. The quantitative estimate of drug-likeness (QED) is 0.607. The van der Waals surface area contributed by atoms with E-state index in [0.717, 1.165) is 13.8 Å². The van der Waals surface area contributed by atoms with E-state index in [1.165, 1.54) is 6.92 Å². The highest BCUT2D eigenvalue weighted by Crippen LogP contribution is 2.40. The molecule has 0 radical (unpaired) electrons. The second-order valence-corrected chi connectivity index (χ2v) is 4.25. The van der Waals surface area contributed by atoms with Gasteiger partial charge in [0.1, 0.15) is 5.60 Å². The fourth-order valence-corrected chi connectivity index (χ4v) is 0.760. The van der Waals surface area contributed by atoms with Crippen LogP contribution in [0.1, 0.15) is 27.7 Å². The van der Waals surface area contributed by atoms with Crippen LogP contribution in [0, 0.1) is 0 Å². The number of aliphatic hydroxyl groups is 1. The number of ether oxygens (including phenoxy) is 1. The number of carbonyl (C=O) groups excluding carboxylic acids is 1. The molecule has 16 heavy (non-hydrogen) atoms. The zero-order chi connectivity index (χ0) is 13.4. The molecule has 0 fully saturated rings. The molecule has 1 unspecified atom stereocenters. The second kappa shape index (κ2) is 4.08. The zero-order valence-corrected chi connectivity index (χ0v) is 9.60. The predicted octanol–water partition coefficient (Wildman–Crippen LogP) is 2.20. The third-order valence-corrected chi connectivity index (χ3v) is 2.42. The monoisotopic (exact) mass is 240 g/mol. The Balaban J connectivity index is 5.06. The Kier molecular flexibility index (Phi) is 3.82. The first-order chi connectivity index (χ1) is 6.83. The molecule has 94 valence electrons.